The standard InChI is InChI=1S/C24H25N7O3/c1-15-22(16(2)29(3)27-15)18-9-10-20-25-24(28-31(20)12-18)26-23(33)19-13-34-14-21(32)30(19)11-17-7-5-4-6-8-17/h4-10,12,19H,11,13-14H2,1-3H3,(H,26,28,33)/t19-/m0/s1. The number of carbonyl (C=O) groups is 2. The van der Waals surface area contributed by atoms with Gasteiger partial charge in [-0.2, -0.15) is 10.1 Å². The zero-order chi connectivity index (χ0) is 23.8. The van der Waals surface area contributed by atoms with Gasteiger partial charge in [0, 0.05) is 36.6 Å². The summed E-state index contributed by atoms with van der Waals surface area (Å²) in [6.07, 6.45) is 1.87. The Balaban J connectivity index is 1.37. The summed E-state index contributed by atoms with van der Waals surface area (Å²) in [5.41, 5.74) is 5.50. The monoisotopic (exact) mass is 459 g/mol. The van der Waals surface area contributed by atoms with Gasteiger partial charge in [0.2, 0.25) is 11.9 Å². The number of rotatable bonds is 5. The molecule has 4 aromatic rings. The van der Waals surface area contributed by atoms with Crippen molar-refractivity contribution in [1.29, 1.82) is 0 Å². The third-order valence-corrected chi connectivity index (χ3v) is 6.06. The molecule has 0 spiro atoms. The molecular weight excluding hydrogens is 434 g/mol. The number of fused-ring (bicyclic) bond motifs is 1. The van der Waals surface area contributed by atoms with Crippen LogP contribution in [0.25, 0.3) is 16.8 Å². The van der Waals surface area contributed by atoms with Crippen molar-refractivity contribution in [3.63, 3.8) is 0 Å². The molecule has 34 heavy (non-hydrogen) atoms. The third kappa shape index (κ3) is 4.03. The van der Waals surface area contributed by atoms with Gasteiger partial charge >= 0.3 is 0 Å². The Morgan fingerprint density at radius 3 is 2.68 bits per heavy atom. The maximum atomic E-state index is 13.1. The molecule has 0 unspecified atom stereocenters. The van der Waals surface area contributed by atoms with E-state index in [4.69, 9.17) is 4.74 Å². The minimum absolute atomic E-state index is 0.0425. The zero-order valence-corrected chi connectivity index (χ0v) is 19.2. The first kappa shape index (κ1) is 21.8. The van der Waals surface area contributed by atoms with Gasteiger partial charge < -0.3 is 9.64 Å². The van der Waals surface area contributed by atoms with Gasteiger partial charge in [0.15, 0.2) is 5.65 Å². The Labute approximate surface area is 196 Å². The summed E-state index contributed by atoms with van der Waals surface area (Å²) in [4.78, 5) is 31.6. The number of hydrogen-bond acceptors (Lipinski definition) is 6. The van der Waals surface area contributed by atoms with Crippen LogP contribution in [0.3, 0.4) is 0 Å². The molecule has 0 aliphatic carbocycles. The lowest BCUT2D eigenvalue weighted by atomic mass is 10.1. The maximum Gasteiger partial charge on any atom is 0.251 e. The lowest BCUT2D eigenvalue weighted by Gasteiger charge is -2.34. The van der Waals surface area contributed by atoms with E-state index in [2.05, 4.69) is 20.5 Å². The highest BCUT2D eigenvalue weighted by atomic mass is 16.5. The van der Waals surface area contributed by atoms with Crippen molar-refractivity contribution < 1.29 is 14.3 Å². The number of aromatic nitrogens is 5. The van der Waals surface area contributed by atoms with Crippen LogP contribution in [0.5, 0.6) is 0 Å². The zero-order valence-electron chi connectivity index (χ0n) is 19.2. The highest BCUT2D eigenvalue weighted by Gasteiger charge is 2.34. The van der Waals surface area contributed by atoms with E-state index < -0.39 is 6.04 Å². The SMILES string of the molecule is Cc1nn(C)c(C)c1-c1ccc2nc(NC(=O)[C@@H]3COCC(=O)N3Cc3ccccc3)nn2c1. The van der Waals surface area contributed by atoms with Crippen molar-refractivity contribution >= 4 is 23.4 Å². The molecule has 10 heteroatoms. The number of hydrogen-bond donors (Lipinski definition) is 1. The number of nitrogens with one attached hydrogen (secondary N) is 1. The molecule has 1 atom stereocenters. The smallest absolute Gasteiger partial charge is 0.251 e. The second-order valence-corrected chi connectivity index (χ2v) is 8.35. The molecule has 1 aliphatic heterocycles. The molecule has 1 saturated heterocycles. The Hall–Kier alpha value is -4.05. The van der Waals surface area contributed by atoms with Crippen LogP contribution in [0.1, 0.15) is 17.0 Å². The summed E-state index contributed by atoms with van der Waals surface area (Å²) < 4.78 is 8.83. The van der Waals surface area contributed by atoms with Crippen LogP contribution in [-0.2, 0) is 27.9 Å². The summed E-state index contributed by atoms with van der Waals surface area (Å²) in [6.45, 7) is 4.38. The normalized spacial score (nSPS) is 16.3. The number of pyridine rings is 1. The second-order valence-electron chi connectivity index (χ2n) is 8.35. The average molecular weight is 460 g/mol. The molecule has 5 rings (SSSR count). The summed E-state index contributed by atoms with van der Waals surface area (Å²) in [7, 11) is 1.91. The van der Waals surface area contributed by atoms with E-state index in [-0.39, 0.29) is 31.0 Å². The molecule has 3 aromatic heterocycles. The number of nitrogens with zero attached hydrogens (tertiary/aromatic N) is 6. The van der Waals surface area contributed by atoms with Gasteiger partial charge in [0.1, 0.15) is 12.6 Å². The van der Waals surface area contributed by atoms with E-state index >= 15 is 0 Å². The number of aryl methyl sites for hydroxylation is 2. The van der Waals surface area contributed by atoms with Crippen LogP contribution in [0.2, 0.25) is 0 Å². The molecule has 1 fully saturated rings. The van der Waals surface area contributed by atoms with Crippen LogP contribution in [-0.4, -0.2) is 60.3 Å². The summed E-state index contributed by atoms with van der Waals surface area (Å²) in [5.74, 6) is -0.455. The number of anilines is 1. The number of amides is 2. The largest absolute Gasteiger partial charge is 0.369 e. The van der Waals surface area contributed by atoms with Gasteiger partial charge in [-0.05, 0) is 31.5 Å². The highest BCUT2D eigenvalue weighted by molar-refractivity contribution is 5.97. The average Bonchev–Trinajstić information content (AvgIpc) is 3.33. The van der Waals surface area contributed by atoms with Crippen molar-refractivity contribution in [3.05, 3.63) is 65.6 Å². The van der Waals surface area contributed by atoms with Gasteiger partial charge in [0.25, 0.3) is 5.91 Å². The number of carbonyl (C=O) groups excluding carboxylic acids is 2. The van der Waals surface area contributed by atoms with Crippen LogP contribution >= 0.6 is 0 Å². The third-order valence-electron chi connectivity index (χ3n) is 6.06. The van der Waals surface area contributed by atoms with E-state index in [9.17, 15) is 9.59 Å². The predicted octanol–water partition coefficient (Wildman–Crippen LogP) is 2.11. The van der Waals surface area contributed by atoms with E-state index in [1.54, 1.807) is 4.52 Å². The van der Waals surface area contributed by atoms with Crippen LogP contribution in [0.15, 0.2) is 48.7 Å². The van der Waals surface area contributed by atoms with Gasteiger partial charge in [-0.1, -0.05) is 30.3 Å². The van der Waals surface area contributed by atoms with Crippen molar-refractivity contribution in [2.45, 2.75) is 26.4 Å². The number of morpholine rings is 1. The maximum absolute atomic E-state index is 13.1. The highest BCUT2D eigenvalue weighted by Crippen LogP contribution is 2.26. The van der Waals surface area contributed by atoms with Gasteiger partial charge in [-0.15, -0.1) is 5.10 Å². The molecule has 10 nitrogen and oxygen atoms in total. The fraction of sp³-hybridized carbons (Fsp3) is 0.292. The summed E-state index contributed by atoms with van der Waals surface area (Å²) in [5, 5.41) is 11.7. The lowest BCUT2D eigenvalue weighted by Crippen LogP contribution is -2.54. The molecule has 0 radical (unpaired) electrons. The summed E-state index contributed by atoms with van der Waals surface area (Å²) >= 11 is 0. The van der Waals surface area contributed by atoms with Gasteiger partial charge in [0.05, 0.1) is 12.3 Å². The van der Waals surface area contributed by atoms with Crippen molar-refractivity contribution in [1.82, 2.24) is 29.3 Å². The number of ether oxygens (including phenoxy) is 1. The summed E-state index contributed by atoms with van der Waals surface area (Å²) in [6, 6.07) is 12.6. The second kappa shape index (κ2) is 8.71. The van der Waals surface area contributed by atoms with Crippen LogP contribution in [0.4, 0.5) is 5.95 Å². The van der Waals surface area contributed by atoms with Crippen molar-refractivity contribution in [2.24, 2.45) is 7.05 Å². The van der Waals surface area contributed by atoms with E-state index in [0.717, 1.165) is 28.1 Å². The first-order valence-corrected chi connectivity index (χ1v) is 11.0. The van der Waals surface area contributed by atoms with E-state index in [1.165, 1.54) is 4.90 Å². The van der Waals surface area contributed by atoms with Crippen molar-refractivity contribution in [2.75, 3.05) is 18.5 Å². The molecule has 0 saturated carbocycles. The molecule has 1 N–H and O–H groups in total. The fourth-order valence-electron chi connectivity index (χ4n) is 4.27. The molecule has 1 aliphatic rings. The minimum Gasteiger partial charge on any atom is -0.369 e. The molecule has 1 aromatic carbocycles. The molecule has 174 valence electrons. The minimum atomic E-state index is -0.774. The van der Waals surface area contributed by atoms with E-state index in [0.29, 0.717) is 12.2 Å². The van der Waals surface area contributed by atoms with Gasteiger partial charge in [-0.25, -0.2) is 4.52 Å². The molecule has 2 amide bonds. The fourth-order valence-corrected chi connectivity index (χ4v) is 4.27. The Kier molecular flexibility index (Phi) is 5.58. The lowest BCUT2D eigenvalue weighted by molar-refractivity contribution is -0.154. The number of benzene rings is 1. The van der Waals surface area contributed by atoms with Crippen LogP contribution in [0, 0.1) is 13.8 Å². The first-order valence-electron chi connectivity index (χ1n) is 11.0. The Morgan fingerprint density at radius 1 is 1.15 bits per heavy atom. The Morgan fingerprint density at radius 2 is 1.94 bits per heavy atom. The predicted molar refractivity (Wildman–Crippen MR) is 125 cm³/mol. The molecule has 4 heterocycles. The molecule has 0 bridgehead atoms. The quantitative estimate of drug-likeness (QED) is 0.490. The Bertz CT molecular complexity index is 1380. The van der Waals surface area contributed by atoms with Gasteiger partial charge in [-0.3, -0.25) is 19.6 Å². The molecular formula is C24H25N7O3. The topological polar surface area (TPSA) is 107 Å². The van der Waals surface area contributed by atoms with E-state index in [1.807, 2.05) is 74.2 Å². The van der Waals surface area contributed by atoms with Crippen molar-refractivity contribution in [3.8, 4) is 11.1 Å². The first-order chi connectivity index (χ1) is 16.4. The van der Waals surface area contributed by atoms with Crippen LogP contribution < -0.4 is 5.32 Å².